The van der Waals surface area contributed by atoms with Crippen molar-refractivity contribution in [3.8, 4) is 5.75 Å². The molecule has 192 valence electrons. The Morgan fingerprint density at radius 1 is 1.19 bits per heavy atom. The lowest BCUT2D eigenvalue weighted by molar-refractivity contribution is -0.129. The molecule has 0 bridgehead atoms. The molecule has 0 saturated carbocycles. The summed E-state index contributed by atoms with van der Waals surface area (Å²) in [5.41, 5.74) is 1.64. The van der Waals surface area contributed by atoms with E-state index < -0.39 is 48.9 Å². The number of nitrogens with one attached hydrogen (secondary N) is 2. The number of hydrogen-bond donors (Lipinski definition) is 5. The molecule has 1 aliphatic rings. The van der Waals surface area contributed by atoms with Crippen molar-refractivity contribution in [3.63, 3.8) is 0 Å². The maximum atomic E-state index is 13.2. The Labute approximate surface area is 206 Å². The molecule has 3 unspecified atom stereocenters. The first-order valence-corrected chi connectivity index (χ1v) is 11.3. The van der Waals surface area contributed by atoms with Crippen molar-refractivity contribution in [2.45, 2.75) is 43.9 Å². The van der Waals surface area contributed by atoms with Gasteiger partial charge in [0.25, 0.3) is 0 Å². The molecular weight excluding hydrogens is 470 g/mol. The van der Waals surface area contributed by atoms with Crippen LogP contribution in [-0.4, -0.2) is 91.6 Å². The molecule has 2 amide bonds. The van der Waals surface area contributed by atoms with Crippen LogP contribution in [0, 0.1) is 0 Å². The van der Waals surface area contributed by atoms with Gasteiger partial charge in [0.05, 0.1) is 19.0 Å². The number of aliphatic hydroxyl groups is 2. The lowest BCUT2D eigenvalue weighted by atomic mass is 10.0. The highest BCUT2D eigenvalue weighted by molar-refractivity contribution is 5.87. The second kappa shape index (κ2) is 10.4. The zero-order valence-corrected chi connectivity index (χ0v) is 20.1. The van der Waals surface area contributed by atoms with Crippen LogP contribution in [0.25, 0.3) is 11.2 Å². The molecule has 1 aromatic carbocycles. The van der Waals surface area contributed by atoms with Gasteiger partial charge >= 0.3 is 0 Å². The minimum Gasteiger partial charge on any atom is -0.508 e. The van der Waals surface area contributed by atoms with Crippen LogP contribution in [0.4, 0.5) is 5.82 Å². The molecule has 0 aliphatic carbocycles. The van der Waals surface area contributed by atoms with Gasteiger partial charge in [-0.15, -0.1) is 0 Å². The number of fused-ring (bicyclic) bond motifs is 1. The smallest absolute Gasteiger partial charge is 0.243 e. The number of ether oxygens (including phenoxy) is 1. The fourth-order valence-electron chi connectivity index (χ4n) is 4.25. The summed E-state index contributed by atoms with van der Waals surface area (Å²) in [6.45, 7) is 0.830. The number of phenolic OH excluding ortho intramolecular Hbond substituents is 1. The monoisotopic (exact) mass is 499 g/mol. The third-order valence-corrected chi connectivity index (χ3v) is 5.97. The standard InChI is InChI=1S/C23H29N7O6/c1-12(32)27-15(8-13-4-6-14(33)7-5-13)22(35)28-17-16(9-31)36-23(19(17)34)30-11-26-18-20(29(2)3)24-10-25-21(18)30/h4-7,10-11,15-17,19,23,31,33-34H,8-9H2,1-3H3,(H,27,32)(H,28,35)/t15?,16-,17?,19-,23?/m1/s1. The van der Waals surface area contributed by atoms with Crippen LogP contribution < -0.4 is 15.5 Å². The number of phenols is 1. The zero-order chi connectivity index (χ0) is 26.0. The summed E-state index contributed by atoms with van der Waals surface area (Å²) in [6.07, 6.45) is -0.177. The summed E-state index contributed by atoms with van der Waals surface area (Å²) in [5.74, 6) is -0.299. The van der Waals surface area contributed by atoms with E-state index in [-0.39, 0.29) is 12.2 Å². The number of nitrogens with zero attached hydrogens (tertiary/aromatic N) is 5. The van der Waals surface area contributed by atoms with Crippen molar-refractivity contribution in [2.75, 3.05) is 25.6 Å². The van der Waals surface area contributed by atoms with E-state index in [1.807, 2.05) is 14.1 Å². The van der Waals surface area contributed by atoms with Crippen molar-refractivity contribution in [1.29, 1.82) is 0 Å². The van der Waals surface area contributed by atoms with E-state index in [1.54, 1.807) is 17.0 Å². The van der Waals surface area contributed by atoms with Gasteiger partial charge in [-0.3, -0.25) is 14.2 Å². The van der Waals surface area contributed by atoms with Gasteiger partial charge in [0.1, 0.15) is 30.3 Å². The molecule has 0 spiro atoms. The number of carbonyl (C=O) groups excluding carboxylic acids is 2. The van der Waals surface area contributed by atoms with Crippen molar-refractivity contribution >= 4 is 28.8 Å². The molecule has 13 heteroatoms. The topological polar surface area (TPSA) is 175 Å². The second-order valence-corrected chi connectivity index (χ2v) is 8.81. The van der Waals surface area contributed by atoms with Crippen LogP contribution in [0.5, 0.6) is 5.75 Å². The van der Waals surface area contributed by atoms with Gasteiger partial charge < -0.3 is 35.6 Å². The Morgan fingerprint density at radius 2 is 1.92 bits per heavy atom. The average Bonchev–Trinajstić information content (AvgIpc) is 3.40. The van der Waals surface area contributed by atoms with Gasteiger partial charge in [-0.2, -0.15) is 0 Å². The van der Waals surface area contributed by atoms with Crippen LogP contribution in [0.15, 0.2) is 36.9 Å². The van der Waals surface area contributed by atoms with E-state index in [0.29, 0.717) is 22.5 Å². The van der Waals surface area contributed by atoms with E-state index in [1.165, 1.54) is 36.3 Å². The van der Waals surface area contributed by atoms with Crippen LogP contribution in [0.1, 0.15) is 18.7 Å². The average molecular weight is 500 g/mol. The molecule has 1 fully saturated rings. The number of imidazole rings is 1. The molecule has 36 heavy (non-hydrogen) atoms. The van der Waals surface area contributed by atoms with Crippen molar-refractivity contribution in [1.82, 2.24) is 30.2 Å². The summed E-state index contributed by atoms with van der Waals surface area (Å²) in [7, 11) is 3.64. The number of benzene rings is 1. The third kappa shape index (κ3) is 5.08. The largest absolute Gasteiger partial charge is 0.508 e. The zero-order valence-electron chi connectivity index (χ0n) is 20.1. The number of anilines is 1. The van der Waals surface area contributed by atoms with E-state index in [0.717, 1.165) is 0 Å². The number of aliphatic hydroxyl groups excluding tert-OH is 2. The highest BCUT2D eigenvalue weighted by atomic mass is 16.5. The summed E-state index contributed by atoms with van der Waals surface area (Å²) in [5, 5.41) is 35.9. The van der Waals surface area contributed by atoms with Gasteiger partial charge in [-0.05, 0) is 17.7 Å². The highest BCUT2D eigenvalue weighted by Crippen LogP contribution is 2.32. The van der Waals surface area contributed by atoms with Crippen LogP contribution in [0.2, 0.25) is 0 Å². The van der Waals surface area contributed by atoms with Crippen molar-refractivity contribution < 1.29 is 29.6 Å². The third-order valence-electron chi connectivity index (χ3n) is 5.97. The van der Waals surface area contributed by atoms with Crippen molar-refractivity contribution in [2.24, 2.45) is 0 Å². The first-order valence-electron chi connectivity index (χ1n) is 11.3. The molecule has 3 heterocycles. The molecule has 1 aliphatic heterocycles. The predicted molar refractivity (Wildman–Crippen MR) is 128 cm³/mol. The molecule has 2 aromatic heterocycles. The number of rotatable bonds is 8. The van der Waals surface area contributed by atoms with Crippen LogP contribution in [-0.2, 0) is 20.7 Å². The molecule has 3 aromatic rings. The first-order chi connectivity index (χ1) is 17.2. The lowest BCUT2D eigenvalue weighted by Crippen LogP contribution is -2.55. The van der Waals surface area contributed by atoms with E-state index in [2.05, 4.69) is 25.6 Å². The molecule has 1 saturated heterocycles. The molecular formula is C23H29N7O6. The number of aromatic hydroxyl groups is 1. The number of amides is 2. The Hall–Kier alpha value is -3.81. The summed E-state index contributed by atoms with van der Waals surface area (Å²) in [4.78, 5) is 39.6. The van der Waals surface area contributed by atoms with Gasteiger partial charge in [0.15, 0.2) is 23.2 Å². The van der Waals surface area contributed by atoms with Crippen molar-refractivity contribution in [3.05, 3.63) is 42.5 Å². The van der Waals surface area contributed by atoms with E-state index in [4.69, 9.17) is 4.74 Å². The first kappa shape index (κ1) is 25.3. The van der Waals surface area contributed by atoms with Gasteiger partial charge in [0.2, 0.25) is 11.8 Å². The molecule has 4 rings (SSSR count). The maximum absolute atomic E-state index is 13.2. The normalized spacial score (nSPS) is 22.4. The van der Waals surface area contributed by atoms with Crippen LogP contribution in [0.3, 0.4) is 0 Å². The van der Waals surface area contributed by atoms with E-state index >= 15 is 0 Å². The Morgan fingerprint density at radius 3 is 2.56 bits per heavy atom. The Balaban J connectivity index is 1.56. The summed E-state index contributed by atoms with van der Waals surface area (Å²) in [6, 6.07) is 4.33. The molecule has 13 nitrogen and oxygen atoms in total. The van der Waals surface area contributed by atoms with Gasteiger partial charge in [-0.1, -0.05) is 12.1 Å². The second-order valence-electron chi connectivity index (χ2n) is 8.81. The van der Waals surface area contributed by atoms with Gasteiger partial charge in [0, 0.05) is 27.4 Å². The number of carbonyl (C=O) groups is 2. The van der Waals surface area contributed by atoms with Gasteiger partial charge in [-0.25, -0.2) is 15.0 Å². The Bertz CT molecular complexity index is 1230. The fourth-order valence-corrected chi connectivity index (χ4v) is 4.25. The summed E-state index contributed by atoms with van der Waals surface area (Å²) < 4.78 is 7.43. The molecule has 5 N–H and O–H groups in total. The van der Waals surface area contributed by atoms with Crippen LogP contribution >= 0.6 is 0 Å². The molecule has 5 atom stereocenters. The van der Waals surface area contributed by atoms with E-state index in [9.17, 15) is 24.9 Å². The lowest BCUT2D eigenvalue weighted by Gasteiger charge is -2.24. The predicted octanol–water partition coefficient (Wildman–Crippen LogP) is -0.919. The number of aromatic nitrogens is 4. The molecule has 0 radical (unpaired) electrons. The summed E-state index contributed by atoms with van der Waals surface area (Å²) >= 11 is 0. The minimum absolute atomic E-state index is 0.0809. The minimum atomic E-state index is -1.26. The highest BCUT2D eigenvalue weighted by Gasteiger charge is 2.46. The quantitative estimate of drug-likeness (QED) is 0.261. The fraction of sp³-hybridized carbons (Fsp3) is 0.435. The Kier molecular flexibility index (Phi) is 7.33. The number of hydrogen-bond acceptors (Lipinski definition) is 10. The maximum Gasteiger partial charge on any atom is 0.243 e. The SMILES string of the molecule is CC(=O)NC(Cc1ccc(O)cc1)C(=O)NC1[C@@H](O)C(n2cnc3c(N(C)C)ncnc32)O[C@@H]1CO.